The zero-order chi connectivity index (χ0) is 18.7. The molecule has 1 aliphatic rings. The van der Waals surface area contributed by atoms with Gasteiger partial charge in [-0.15, -0.1) is 0 Å². The van der Waals surface area contributed by atoms with Gasteiger partial charge in [-0.05, 0) is 31.0 Å². The summed E-state index contributed by atoms with van der Waals surface area (Å²) in [5.74, 6) is 0. The molecule has 0 aromatic heterocycles. The lowest BCUT2D eigenvalue weighted by molar-refractivity contribution is -0.143. The molecule has 0 unspecified atom stereocenters. The van der Waals surface area contributed by atoms with Gasteiger partial charge >= 0.3 is 18.4 Å². The van der Waals surface area contributed by atoms with Gasteiger partial charge in [-0.25, -0.2) is 4.79 Å². The van der Waals surface area contributed by atoms with Gasteiger partial charge in [0, 0.05) is 11.7 Å². The van der Waals surface area contributed by atoms with Crippen molar-refractivity contribution in [3.63, 3.8) is 0 Å². The Morgan fingerprint density at radius 3 is 1.76 bits per heavy atom. The molecule has 0 bridgehead atoms. The lowest BCUT2D eigenvalue weighted by Gasteiger charge is -2.18. The van der Waals surface area contributed by atoms with Gasteiger partial charge in [0.2, 0.25) is 0 Å². The molecule has 0 atom stereocenters. The van der Waals surface area contributed by atoms with E-state index in [1.165, 1.54) is 0 Å². The largest absolute Gasteiger partial charge is 0.416 e. The minimum absolute atomic E-state index is 0.0222. The fourth-order valence-electron chi connectivity index (χ4n) is 2.80. The van der Waals surface area contributed by atoms with Crippen molar-refractivity contribution in [3.05, 3.63) is 29.3 Å². The molecule has 1 fully saturated rings. The highest BCUT2D eigenvalue weighted by molar-refractivity contribution is 5.89. The lowest BCUT2D eigenvalue weighted by atomic mass is 10.1. The van der Waals surface area contributed by atoms with Crippen LogP contribution >= 0.6 is 0 Å². The Balaban J connectivity index is 2.15. The minimum Gasteiger partial charge on any atom is -0.335 e. The summed E-state index contributed by atoms with van der Waals surface area (Å²) in [7, 11) is 0. The van der Waals surface area contributed by atoms with Crippen LogP contribution < -0.4 is 10.6 Å². The highest BCUT2D eigenvalue weighted by Gasteiger charge is 2.37. The summed E-state index contributed by atoms with van der Waals surface area (Å²) in [5.41, 5.74) is -3.48. The Morgan fingerprint density at radius 2 is 1.32 bits per heavy atom. The van der Waals surface area contributed by atoms with E-state index in [9.17, 15) is 31.1 Å². The Morgan fingerprint density at radius 1 is 0.840 bits per heavy atom. The highest BCUT2D eigenvalue weighted by Crippen LogP contribution is 2.37. The molecule has 25 heavy (non-hydrogen) atoms. The zero-order valence-electron chi connectivity index (χ0n) is 13.2. The van der Waals surface area contributed by atoms with Gasteiger partial charge in [0.05, 0.1) is 11.1 Å². The van der Waals surface area contributed by atoms with Crippen molar-refractivity contribution in [1.29, 1.82) is 0 Å². The summed E-state index contributed by atoms with van der Waals surface area (Å²) >= 11 is 0. The summed E-state index contributed by atoms with van der Waals surface area (Å²) in [6.07, 6.45) is -4.48. The molecular formula is C16H18F6N2O. The fraction of sp³-hybridized carbons (Fsp3) is 0.562. The number of carbonyl (C=O) groups is 1. The van der Waals surface area contributed by atoms with Gasteiger partial charge in [-0.1, -0.05) is 25.7 Å². The first-order chi connectivity index (χ1) is 11.6. The average molecular weight is 368 g/mol. The molecule has 0 heterocycles. The van der Waals surface area contributed by atoms with Crippen molar-refractivity contribution >= 4 is 11.7 Å². The van der Waals surface area contributed by atoms with E-state index in [4.69, 9.17) is 0 Å². The van der Waals surface area contributed by atoms with Crippen LogP contribution in [-0.4, -0.2) is 12.1 Å². The number of anilines is 1. The summed E-state index contributed by atoms with van der Waals surface area (Å²) in [5, 5.41) is 4.70. The molecule has 1 aliphatic carbocycles. The number of hydrogen-bond acceptors (Lipinski definition) is 1. The number of rotatable bonds is 2. The predicted octanol–water partition coefficient (Wildman–Crippen LogP) is 5.57. The fourth-order valence-corrected chi connectivity index (χ4v) is 2.80. The number of alkyl halides is 6. The van der Waals surface area contributed by atoms with Crippen molar-refractivity contribution in [2.45, 2.75) is 56.9 Å². The van der Waals surface area contributed by atoms with Crippen LogP contribution in [0.1, 0.15) is 49.7 Å². The van der Waals surface area contributed by atoms with Crippen molar-refractivity contribution < 1.29 is 31.1 Å². The molecule has 0 radical (unpaired) electrons. The van der Waals surface area contributed by atoms with E-state index >= 15 is 0 Å². The topological polar surface area (TPSA) is 41.1 Å². The van der Waals surface area contributed by atoms with E-state index in [0.717, 1.165) is 38.5 Å². The van der Waals surface area contributed by atoms with Crippen LogP contribution in [-0.2, 0) is 12.4 Å². The summed E-state index contributed by atoms with van der Waals surface area (Å²) in [4.78, 5) is 11.9. The first-order valence-electron chi connectivity index (χ1n) is 7.93. The van der Waals surface area contributed by atoms with Gasteiger partial charge in [-0.3, -0.25) is 0 Å². The van der Waals surface area contributed by atoms with Crippen LogP contribution in [0.15, 0.2) is 18.2 Å². The second kappa shape index (κ2) is 7.53. The predicted molar refractivity (Wildman–Crippen MR) is 80.1 cm³/mol. The normalized spacial score (nSPS) is 17.0. The molecule has 0 aliphatic heterocycles. The number of benzene rings is 1. The maximum Gasteiger partial charge on any atom is 0.416 e. The lowest BCUT2D eigenvalue weighted by Crippen LogP contribution is -2.37. The Labute approximate surface area is 140 Å². The second-order valence-corrected chi connectivity index (χ2v) is 6.08. The third kappa shape index (κ3) is 5.82. The first kappa shape index (κ1) is 19.4. The van der Waals surface area contributed by atoms with Crippen LogP contribution in [0.2, 0.25) is 0 Å². The van der Waals surface area contributed by atoms with Gasteiger partial charge in [0.1, 0.15) is 0 Å². The van der Waals surface area contributed by atoms with Crippen molar-refractivity contribution in [2.75, 3.05) is 5.32 Å². The molecular weight excluding hydrogens is 350 g/mol. The van der Waals surface area contributed by atoms with Crippen LogP contribution in [0, 0.1) is 0 Å². The smallest absolute Gasteiger partial charge is 0.335 e. The molecule has 140 valence electrons. The van der Waals surface area contributed by atoms with Crippen molar-refractivity contribution in [3.8, 4) is 0 Å². The maximum atomic E-state index is 12.8. The van der Waals surface area contributed by atoms with E-state index in [1.807, 2.05) is 0 Å². The second-order valence-electron chi connectivity index (χ2n) is 6.08. The molecule has 1 aromatic carbocycles. The van der Waals surface area contributed by atoms with Gasteiger partial charge < -0.3 is 10.6 Å². The molecule has 1 saturated carbocycles. The van der Waals surface area contributed by atoms with Crippen LogP contribution in [0.5, 0.6) is 0 Å². The van der Waals surface area contributed by atoms with E-state index < -0.39 is 35.2 Å². The van der Waals surface area contributed by atoms with Crippen molar-refractivity contribution in [2.24, 2.45) is 0 Å². The zero-order valence-corrected chi connectivity index (χ0v) is 13.2. The molecule has 1 aromatic rings. The van der Waals surface area contributed by atoms with Gasteiger partial charge in [-0.2, -0.15) is 26.3 Å². The number of nitrogens with one attached hydrogen (secondary N) is 2. The third-order valence-corrected chi connectivity index (χ3v) is 4.04. The molecule has 0 saturated heterocycles. The average Bonchev–Trinajstić information content (AvgIpc) is 2.73. The quantitative estimate of drug-likeness (QED) is 0.520. The summed E-state index contributed by atoms with van der Waals surface area (Å²) < 4.78 is 76.8. The minimum atomic E-state index is -4.95. The number of halogens is 6. The number of amides is 2. The maximum absolute atomic E-state index is 12.8. The molecule has 2 rings (SSSR count). The number of urea groups is 1. The first-order valence-corrected chi connectivity index (χ1v) is 7.93. The Bertz CT molecular complexity index is 571. The SMILES string of the molecule is O=C(Nc1cc(C(F)(F)F)cc(C(F)(F)F)c1)NC1CCCCCC1. The van der Waals surface area contributed by atoms with Crippen LogP contribution in [0.3, 0.4) is 0 Å². The molecule has 0 spiro atoms. The Kier molecular flexibility index (Phi) is 5.84. The van der Waals surface area contributed by atoms with E-state index in [0.29, 0.717) is 12.1 Å². The van der Waals surface area contributed by atoms with Crippen LogP contribution in [0.4, 0.5) is 36.8 Å². The number of hydrogen-bond donors (Lipinski definition) is 2. The molecule has 2 N–H and O–H groups in total. The summed E-state index contributed by atoms with van der Waals surface area (Å²) in [6.45, 7) is 0. The number of carbonyl (C=O) groups excluding carboxylic acids is 1. The van der Waals surface area contributed by atoms with Crippen LogP contribution in [0.25, 0.3) is 0 Å². The van der Waals surface area contributed by atoms with E-state index in [-0.39, 0.29) is 12.1 Å². The molecule has 9 heteroatoms. The Hall–Kier alpha value is -1.93. The monoisotopic (exact) mass is 368 g/mol. The summed E-state index contributed by atoms with van der Waals surface area (Å²) in [6, 6.07) is 0.0628. The van der Waals surface area contributed by atoms with Gasteiger partial charge in [0.15, 0.2) is 0 Å². The molecule has 3 nitrogen and oxygen atoms in total. The highest BCUT2D eigenvalue weighted by atomic mass is 19.4. The standard InChI is InChI=1S/C16H18F6N2O/c17-15(18,19)10-7-11(16(20,21)22)9-13(8-10)24-14(25)23-12-5-3-1-2-4-6-12/h7-9,12H,1-6H2,(H2,23,24,25). The van der Waals surface area contributed by atoms with E-state index in [2.05, 4.69) is 10.6 Å². The third-order valence-electron chi connectivity index (χ3n) is 4.04. The van der Waals surface area contributed by atoms with Gasteiger partial charge in [0.25, 0.3) is 0 Å². The van der Waals surface area contributed by atoms with E-state index in [1.54, 1.807) is 0 Å². The molecule has 2 amide bonds. The van der Waals surface area contributed by atoms with Crippen molar-refractivity contribution in [1.82, 2.24) is 5.32 Å².